The molecule has 1 N–H and O–H groups in total. The summed E-state index contributed by atoms with van der Waals surface area (Å²) in [4.78, 5) is 5.41. The number of aromatic amines is 1. The van der Waals surface area contributed by atoms with Crippen molar-refractivity contribution < 1.29 is 9.13 Å². The Morgan fingerprint density at radius 2 is 2.05 bits per heavy atom. The molecule has 0 saturated carbocycles. The maximum atomic E-state index is 13.5. The predicted octanol–water partition coefficient (Wildman–Crippen LogP) is 2.93. The number of imidazole rings is 1. The molecule has 2 heterocycles. The first-order valence-electron chi connectivity index (χ1n) is 6.53. The molecule has 0 atom stereocenters. The average Bonchev–Trinajstić information content (AvgIpc) is 2.73. The van der Waals surface area contributed by atoms with Crippen molar-refractivity contribution in [1.82, 2.24) is 14.5 Å². The van der Waals surface area contributed by atoms with Crippen molar-refractivity contribution in [2.24, 2.45) is 0 Å². The van der Waals surface area contributed by atoms with Crippen LogP contribution in [-0.4, -0.2) is 47.3 Å². The lowest BCUT2D eigenvalue weighted by Crippen LogP contribution is -2.38. The number of rotatable bonds is 3. The summed E-state index contributed by atoms with van der Waals surface area (Å²) in [7, 11) is 0. The van der Waals surface area contributed by atoms with E-state index in [0.717, 1.165) is 50.4 Å². The molecule has 0 spiro atoms. The summed E-state index contributed by atoms with van der Waals surface area (Å²) in [5, 5.41) is 0. The van der Waals surface area contributed by atoms with Gasteiger partial charge in [-0.2, -0.15) is 0 Å². The molecule has 1 aliphatic rings. The van der Waals surface area contributed by atoms with E-state index >= 15 is 0 Å². The van der Waals surface area contributed by atoms with E-state index in [1.165, 1.54) is 6.07 Å². The van der Waals surface area contributed by atoms with Gasteiger partial charge in [-0.3, -0.25) is 4.90 Å². The standard InChI is InChI=1S/C13H15BrFN3OS/c14-9-7-12-11(8-10(9)15)16-13(20)18(12)2-1-17-3-5-19-6-4-17/h7-8H,1-6H2,(H,16,20). The van der Waals surface area contributed by atoms with Gasteiger partial charge in [-0.1, -0.05) is 0 Å². The molecule has 108 valence electrons. The van der Waals surface area contributed by atoms with E-state index in [-0.39, 0.29) is 5.82 Å². The van der Waals surface area contributed by atoms with Gasteiger partial charge in [0, 0.05) is 32.2 Å². The summed E-state index contributed by atoms with van der Waals surface area (Å²) in [6.45, 7) is 5.19. The van der Waals surface area contributed by atoms with Gasteiger partial charge in [-0.25, -0.2) is 4.39 Å². The second-order valence-electron chi connectivity index (χ2n) is 4.82. The highest BCUT2D eigenvalue weighted by atomic mass is 79.9. The van der Waals surface area contributed by atoms with Gasteiger partial charge in [0.2, 0.25) is 0 Å². The number of hydrogen-bond donors (Lipinski definition) is 1. The molecule has 1 fully saturated rings. The second kappa shape index (κ2) is 5.93. The third-order valence-corrected chi connectivity index (χ3v) is 4.49. The Bertz CT molecular complexity index is 678. The molecule has 1 aromatic heterocycles. The third-order valence-electron chi connectivity index (χ3n) is 3.56. The minimum atomic E-state index is -0.283. The van der Waals surface area contributed by atoms with Crippen molar-refractivity contribution in [3.8, 4) is 0 Å². The van der Waals surface area contributed by atoms with Crippen LogP contribution in [0.2, 0.25) is 0 Å². The predicted molar refractivity (Wildman–Crippen MR) is 82.0 cm³/mol. The fourth-order valence-electron chi connectivity index (χ4n) is 2.44. The summed E-state index contributed by atoms with van der Waals surface area (Å²) >= 11 is 8.56. The molecule has 7 heteroatoms. The van der Waals surface area contributed by atoms with Gasteiger partial charge in [0.25, 0.3) is 0 Å². The van der Waals surface area contributed by atoms with Crippen LogP contribution in [0.25, 0.3) is 11.0 Å². The first-order chi connectivity index (χ1) is 9.65. The fraction of sp³-hybridized carbons (Fsp3) is 0.462. The van der Waals surface area contributed by atoms with Crippen molar-refractivity contribution >= 4 is 39.2 Å². The number of hydrogen-bond acceptors (Lipinski definition) is 3. The highest BCUT2D eigenvalue weighted by molar-refractivity contribution is 9.10. The lowest BCUT2D eigenvalue weighted by Gasteiger charge is -2.26. The lowest BCUT2D eigenvalue weighted by atomic mass is 10.3. The minimum Gasteiger partial charge on any atom is -0.379 e. The summed E-state index contributed by atoms with van der Waals surface area (Å²) < 4.78 is 22.0. The van der Waals surface area contributed by atoms with Gasteiger partial charge in [0.15, 0.2) is 4.77 Å². The summed E-state index contributed by atoms with van der Waals surface area (Å²) in [5.41, 5.74) is 1.66. The van der Waals surface area contributed by atoms with Crippen LogP contribution in [0.5, 0.6) is 0 Å². The van der Waals surface area contributed by atoms with E-state index in [4.69, 9.17) is 17.0 Å². The Hall–Kier alpha value is -0.760. The number of morpholine rings is 1. The topological polar surface area (TPSA) is 33.2 Å². The van der Waals surface area contributed by atoms with E-state index in [1.54, 1.807) is 6.07 Å². The smallest absolute Gasteiger partial charge is 0.178 e. The number of nitrogens with one attached hydrogen (secondary N) is 1. The SMILES string of the molecule is Fc1cc2[nH]c(=S)n(CCN3CCOCC3)c2cc1Br. The molecule has 0 radical (unpaired) electrons. The summed E-state index contributed by atoms with van der Waals surface area (Å²) in [6, 6.07) is 3.25. The van der Waals surface area contributed by atoms with Crippen LogP contribution >= 0.6 is 28.1 Å². The molecular formula is C13H15BrFN3OS. The van der Waals surface area contributed by atoms with Crippen molar-refractivity contribution in [2.75, 3.05) is 32.8 Å². The highest BCUT2D eigenvalue weighted by Crippen LogP contribution is 2.23. The number of nitrogens with zero attached hydrogens (tertiary/aromatic N) is 2. The molecule has 0 aliphatic carbocycles. The largest absolute Gasteiger partial charge is 0.379 e. The van der Waals surface area contributed by atoms with Crippen LogP contribution in [0.4, 0.5) is 4.39 Å². The van der Waals surface area contributed by atoms with Crippen LogP contribution in [-0.2, 0) is 11.3 Å². The third kappa shape index (κ3) is 2.81. The lowest BCUT2D eigenvalue weighted by molar-refractivity contribution is 0.0365. The number of H-pyrrole nitrogens is 1. The first-order valence-corrected chi connectivity index (χ1v) is 7.73. The van der Waals surface area contributed by atoms with Gasteiger partial charge in [-0.15, -0.1) is 0 Å². The maximum absolute atomic E-state index is 13.5. The fourth-order valence-corrected chi connectivity index (χ4v) is 3.07. The number of halogens is 2. The molecule has 1 aliphatic heterocycles. The molecule has 1 aromatic carbocycles. The van der Waals surface area contributed by atoms with E-state index in [1.807, 2.05) is 4.57 Å². The number of aromatic nitrogens is 2. The zero-order valence-corrected chi connectivity index (χ0v) is 13.3. The number of benzene rings is 1. The number of ether oxygens (including phenoxy) is 1. The van der Waals surface area contributed by atoms with E-state index < -0.39 is 0 Å². The average molecular weight is 360 g/mol. The highest BCUT2D eigenvalue weighted by Gasteiger charge is 2.12. The maximum Gasteiger partial charge on any atom is 0.178 e. The molecular weight excluding hydrogens is 345 g/mol. The summed E-state index contributed by atoms with van der Waals surface area (Å²) in [6.07, 6.45) is 0. The quantitative estimate of drug-likeness (QED) is 0.855. The Labute approximate surface area is 129 Å². The van der Waals surface area contributed by atoms with Gasteiger partial charge in [0.1, 0.15) is 5.82 Å². The minimum absolute atomic E-state index is 0.283. The van der Waals surface area contributed by atoms with Crippen LogP contribution in [0, 0.1) is 10.6 Å². The van der Waals surface area contributed by atoms with E-state index in [0.29, 0.717) is 9.24 Å². The monoisotopic (exact) mass is 359 g/mol. The van der Waals surface area contributed by atoms with Crippen LogP contribution in [0.1, 0.15) is 0 Å². The van der Waals surface area contributed by atoms with Gasteiger partial charge < -0.3 is 14.3 Å². The summed E-state index contributed by atoms with van der Waals surface area (Å²) in [5.74, 6) is -0.283. The Balaban J connectivity index is 1.85. The van der Waals surface area contributed by atoms with Crippen LogP contribution in [0.3, 0.4) is 0 Å². The molecule has 3 rings (SSSR count). The Kier molecular flexibility index (Phi) is 4.21. The van der Waals surface area contributed by atoms with Crippen molar-refractivity contribution in [1.29, 1.82) is 0 Å². The van der Waals surface area contributed by atoms with Crippen LogP contribution < -0.4 is 0 Å². The zero-order chi connectivity index (χ0) is 14.1. The molecule has 4 nitrogen and oxygen atoms in total. The molecule has 0 unspecified atom stereocenters. The number of fused-ring (bicyclic) bond motifs is 1. The van der Waals surface area contributed by atoms with Crippen molar-refractivity contribution in [2.45, 2.75) is 6.54 Å². The first kappa shape index (κ1) is 14.2. The molecule has 0 amide bonds. The van der Waals surface area contributed by atoms with Gasteiger partial charge in [0.05, 0.1) is 28.7 Å². The van der Waals surface area contributed by atoms with E-state index in [2.05, 4.69) is 25.8 Å². The second-order valence-corrected chi connectivity index (χ2v) is 6.06. The zero-order valence-electron chi connectivity index (χ0n) is 10.9. The van der Waals surface area contributed by atoms with Crippen molar-refractivity contribution in [3.05, 3.63) is 27.2 Å². The van der Waals surface area contributed by atoms with Crippen LogP contribution in [0.15, 0.2) is 16.6 Å². The molecule has 20 heavy (non-hydrogen) atoms. The normalized spacial score (nSPS) is 16.9. The van der Waals surface area contributed by atoms with E-state index in [9.17, 15) is 4.39 Å². The molecule has 1 saturated heterocycles. The molecule has 0 bridgehead atoms. The Morgan fingerprint density at radius 1 is 1.30 bits per heavy atom. The van der Waals surface area contributed by atoms with Gasteiger partial charge >= 0.3 is 0 Å². The Morgan fingerprint density at radius 3 is 2.80 bits per heavy atom. The van der Waals surface area contributed by atoms with Gasteiger partial charge in [-0.05, 0) is 34.2 Å². The molecule has 2 aromatic rings. The van der Waals surface area contributed by atoms with Crippen molar-refractivity contribution in [3.63, 3.8) is 0 Å².